The van der Waals surface area contributed by atoms with Crippen molar-refractivity contribution in [3.05, 3.63) is 36.5 Å². The normalized spacial score (nSPS) is 13.6. The summed E-state index contributed by atoms with van der Waals surface area (Å²) in [7, 11) is -4.74. The van der Waals surface area contributed by atoms with Gasteiger partial charge >= 0.3 is 25.7 Å². The molecule has 0 aliphatic rings. The zero-order valence-corrected chi connectivity index (χ0v) is 46.1. The zero-order valence-electron chi connectivity index (χ0n) is 45.2. The number of phosphoric ester groups is 1. The Bertz CT molecular complexity index is 1320. The molecule has 0 heterocycles. The average molecular weight is 1010 g/mol. The number of hydrogen-bond donors (Lipinski definition) is 2. The number of allylic oxidation sites excluding steroid dienone is 6. The molecule has 0 saturated heterocycles. The minimum Gasteiger partial charge on any atom is -0.462 e. The van der Waals surface area contributed by atoms with Crippen LogP contribution in [0.2, 0.25) is 0 Å². The van der Waals surface area contributed by atoms with Crippen molar-refractivity contribution in [3.63, 3.8) is 0 Å². The molecule has 0 aromatic rings. The van der Waals surface area contributed by atoms with Crippen LogP contribution in [0.4, 0.5) is 0 Å². The van der Waals surface area contributed by atoms with E-state index in [1.165, 1.54) is 128 Å². The van der Waals surface area contributed by atoms with Gasteiger partial charge in [0, 0.05) is 19.3 Å². The Morgan fingerprint density at radius 3 is 1.14 bits per heavy atom. The Morgan fingerprint density at radius 1 is 0.414 bits per heavy atom. The van der Waals surface area contributed by atoms with Gasteiger partial charge in [0.1, 0.15) is 12.7 Å². The predicted molar refractivity (Wildman–Crippen MR) is 289 cm³/mol. The van der Waals surface area contributed by atoms with Crippen LogP contribution in [0.1, 0.15) is 278 Å². The van der Waals surface area contributed by atoms with Crippen molar-refractivity contribution in [3.8, 4) is 0 Å². The van der Waals surface area contributed by atoms with Crippen LogP contribution in [-0.4, -0.2) is 66.5 Å². The van der Waals surface area contributed by atoms with Crippen LogP contribution in [0.3, 0.4) is 0 Å². The molecule has 410 valence electrons. The van der Waals surface area contributed by atoms with Gasteiger partial charge in [-0.2, -0.15) is 0 Å². The van der Waals surface area contributed by atoms with Gasteiger partial charge in [-0.15, -0.1) is 0 Å². The highest BCUT2D eigenvalue weighted by atomic mass is 31.2. The lowest BCUT2D eigenvalue weighted by atomic mass is 10.0. The number of carbonyl (C=O) groups excluding carboxylic acids is 3. The minimum atomic E-state index is -4.74. The highest BCUT2D eigenvalue weighted by Gasteiger charge is 2.28. The summed E-state index contributed by atoms with van der Waals surface area (Å²) in [5.41, 5.74) is 0. The molecule has 0 bridgehead atoms. The maximum Gasteiger partial charge on any atom is 0.472 e. The van der Waals surface area contributed by atoms with E-state index in [-0.39, 0.29) is 25.9 Å². The summed E-state index contributed by atoms with van der Waals surface area (Å²) in [6.45, 7) is 4.53. The third-order valence-electron chi connectivity index (χ3n) is 12.6. The molecule has 0 aromatic heterocycles. The van der Waals surface area contributed by atoms with E-state index in [0.29, 0.717) is 19.3 Å². The zero-order chi connectivity index (χ0) is 51.3. The second-order valence-corrected chi connectivity index (χ2v) is 20.9. The summed E-state index contributed by atoms with van der Waals surface area (Å²) < 4.78 is 39.4. The van der Waals surface area contributed by atoms with Gasteiger partial charge in [-0.1, -0.05) is 243 Å². The maximum atomic E-state index is 12.9. The lowest BCUT2D eigenvalue weighted by Crippen LogP contribution is -2.30. The topological polar surface area (TPSA) is 155 Å². The van der Waals surface area contributed by atoms with Crippen LogP contribution < -0.4 is 0 Å². The van der Waals surface area contributed by atoms with E-state index < -0.39 is 57.8 Å². The number of rotatable bonds is 54. The van der Waals surface area contributed by atoms with Crippen LogP contribution in [0.5, 0.6) is 0 Å². The lowest BCUT2D eigenvalue weighted by Gasteiger charge is -2.21. The minimum absolute atomic E-state index is 0.161. The molecule has 70 heavy (non-hydrogen) atoms. The van der Waals surface area contributed by atoms with Crippen molar-refractivity contribution in [2.75, 3.05) is 26.4 Å². The van der Waals surface area contributed by atoms with Crippen molar-refractivity contribution in [1.82, 2.24) is 0 Å². The first-order valence-electron chi connectivity index (χ1n) is 28.9. The summed E-state index contributed by atoms with van der Waals surface area (Å²) >= 11 is 0. The Kier molecular flexibility index (Phi) is 51.3. The predicted octanol–water partition coefficient (Wildman–Crippen LogP) is 16.8. The lowest BCUT2D eigenvalue weighted by molar-refractivity contribution is -0.161. The Morgan fingerprint density at radius 2 is 0.743 bits per heavy atom. The van der Waals surface area contributed by atoms with E-state index in [9.17, 15) is 28.9 Å². The number of aliphatic hydroxyl groups excluding tert-OH is 1. The molecule has 0 aliphatic carbocycles. The second-order valence-electron chi connectivity index (χ2n) is 19.4. The number of aliphatic hydroxyl groups is 1. The van der Waals surface area contributed by atoms with Crippen molar-refractivity contribution in [1.29, 1.82) is 0 Å². The first-order chi connectivity index (χ1) is 34.2. The van der Waals surface area contributed by atoms with Crippen LogP contribution in [0, 0.1) is 0 Å². The van der Waals surface area contributed by atoms with Gasteiger partial charge in [0.25, 0.3) is 0 Å². The summed E-state index contributed by atoms with van der Waals surface area (Å²) in [5.74, 6) is -1.46. The molecule has 12 heteroatoms. The Balaban J connectivity index is 4.60. The smallest absolute Gasteiger partial charge is 0.462 e. The molecule has 3 unspecified atom stereocenters. The molecular weight excluding hydrogens is 904 g/mol. The maximum absolute atomic E-state index is 12.9. The van der Waals surface area contributed by atoms with Gasteiger partial charge in [-0.25, -0.2) is 4.57 Å². The monoisotopic (exact) mass is 1010 g/mol. The number of hydrogen-bond acceptors (Lipinski definition) is 10. The third kappa shape index (κ3) is 50.6. The molecule has 0 radical (unpaired) electrons. The van der Waals surface area contributed by atoms with Crippen LogP contribution in [-0.2, 0) is 42.2 Å². The molecule has 11 nitrogen and oxygen atoms in total. The fourth-order valence-electron chi connectivity index (χ4n) is 8.20. The molecule has 3 atom stereocenters. The van der Waals surface area contributed by atoms with Gasteiger partial charge in [0.2, 0.25) is 0 Å². The van der Waals surface area contributed by atoms with E-state index in [2.05, 4.69) is 57.2 Å². The first kappa shape index (κ1) is 67.7. The number of ether oxygens (including phenoxy) is 3. The second kappa shape index (κ2) is 53.0. The first-order valence-corrected chi connectivity index (χ1v) is 30.4. The summed E-state index contributed by atoms with van der Waals surface area (Å²) in [6.07, 6.45) is 54.0. The van der Waals surface area contributed by atoms with E-state index in [4.69, 9.17) is 23.3 Å². The molecule has 0 aromatic carbocycles. The van der Waals surface area contributed by atoms with Crippen molar-refractivity contribution in [2.24, 2.45) is 0 Å². The van der Waals surface area contributed by atoms with Gasteiger partial charge in [0.05, 0.1) is 19.8 Å². The molecule has 2 N–H and O–H groups in total. The molecule has 0 rings (SSSR count). The largest absolute Gasteiger partial charge is 0.472 e. The molecule has 0 fully saturated rings. The fraction of sp³-hybridized carbons (Fsp3) is 0.845. The number of phosphoric acid groups is 1. The highest BCUT2D eigenvalue weighted by Crippen LogP contribution is 2.43. The molecule has 0 amide bonds. The van der Waals surface area contributed by atoms with Gasteiger partial charge in [-0.3, -0.25) is 23.4 Å². The standard InChI is InChI=1S/C58H107O11P/c1-4-7-10-13-16-19-21-23-25-26-27-28-30-32-34-37-40-43-46-49-58(62)69-55(51-65-56(60)47-44-41-38-35-18-15-12-9-6-3)53-67-70(63,64)66-52-54(50-59)68-57(61)48-45-42-39-36-33-31-29-24-22-20-17-14-11-8-5-2/h8,11,17,20,24,29,54-55,59H,4-7,9-10,12-16,18-19,21-23,25-28,30-53H2,1-3H3,(H,63,64)/b11-8-,20-17-,29-24-. The van der Waals surface area contributed by atoms with Crippen LogP contribution in [0.15, 0.2) is 36.5 Å². The van der Waals surface area contributed by atoms with Crippen molar-refractivity contribution in [2.45, 2.75) is 290 Å². The van der Waals surface area contributed by atoms with Crippen LogP contribution in [0.25, 0.3) is 0 Å². The van der Waals surface area contributed by atoms with Gasteiger partial charge in [-0.05, 0) is 51.4 Å². The Hall–Kier alpha value is -2.30. The number of carbonyl (C=O) groups is 3. The van der Waals surface area contributed by atoms with Crippen molar-refractivity contribution >= 4 is 25.7 Å². The van der Waals surface area contributed by atoms with E-state index >= 15 is 0 Å². The molecular formula is C58H107O11P. The summed E-state index contributed by atoms with van der Waals surface area (Å²) in [6, 6.07) is 0. The molecule has 0 spiro atoms. The molecule has 0 saturated carbocycles. The quantitative estimate of drug-likeness (QED) is 0.0197. The van der Waals surface area contributed by atoms with E-state index in [1.807, 2.05) is 0 Å². The van der Waals surface area contributed by atoms with E-state index in [1.54, 1.807) is 0 Å². The SMILES string of the molecule is CC/C=C\C/C=C\C/C=C\CCCCCCCC(=O)OC(CO)COP(=O)(O)OCC(COC(=O)CCCCCCCCCCC)OC(=O)CCCCCCCCCCCCCCCCCCCCC. The summed E-state index contributed by atoms with van der Waals surface area (Å²) in [5, 5.41) is 9.80. The van der Waals surface area contributed by atoms with Gasteiger partial charge < -0.3 is 24.2 Å². The number of unbranched alkanes of at least 4 members (excludes halogenated alkanes) is 31. The van der Waals surface area contributed by atoms with Gasteiger partial charge in [0.15, 0.2) is 6.10 Å². The number of esters is 3. The molecule has 0 aliphatic heterocycles. The fourth-order valence-corrected chi connectivity index (χ4v) is 8.98. The van der Waals surface area contributed by atoms with Crippen molar-refractivity contribution < 1.29 is 52.2 Å². The average Bonchev–Trinajstić information content (AvgIpc) is 3.35. The summed E-state index contributed by atoms with van der Waals surface area (Å²) in [4.78, 5) is 48.4. The van der Waals surface area contributed by atoms with Crippen LogP contribution >= 0.6 is 7.82 Å². The highest BCUT2D eigenvalue weighted by molar-refractivity contribution is 7.47. The third-order valence-corrected chi connectivity index (χ3v) is 13.5. The Labute approximate surface area is 429 Å². The van der Waals surface area contributed by atoms with E-state index in [0.717, 1.165) is 89.9 Å².